The third-order valence-electron chi connectivity index (χ3n) is 2.97. The van der Waals surface area contributed by atoms with Gasteiger partial charge in [-0.3, -0.25) is 4.79 Å². The third-order valence-corrected chi connectivity index (χ3v) is 2.97. The molecule has 1 rings (SSSR count). The number of nitrogen functional groups attached to an aromatic ring is 1. The number of hydrogen-bond acceptors (Lipinski definition) is 2. The maximum Gasteiger partial charge on any atom is 0.250 e. The number of nitrogens with two attached hydrogens (primary N) is 1. The van der Waals surface area contributed by atoms with Crippen LogP contribution in [0.1, 0.15) is 57.6 Å². The van der Waals surface area contributed by atoms with E-state index in [1.165, 1.54) is 44.6 Å². The second kappa shape index (κ2) is 7.93. The molecule has 0 fully saturated rings. The summed E-state index contributed by atoms with van der Waals surface area (Å²) in [5.74, 6) is 0. The van der Waals surface area contributed by atoms with Crippen molar-refractivity contribution in [3.05, 3.63) is 28.2 Å². The number of aromatic amines is 1. The van der Waals surface area contributed by atoms with E-state index < -0.39 is 0 Å². The first-order chi connectivity index (χ1) is 8.22. The molecule has 0 aliphatic carbocycles. The van der Waals surface area contributed by atoms with Crippen molar-refractivity contribution in [2.75, 3.05) is 5.73 Å². The maximum absolute atomic E-state index is 11.2. The molecule has 3 nitrogen and oxygen atoms in total. The number of H-pyrrole nitrogens is 1. The zero-order chi connectivity index (χ0) is 12.5. The van der Waals surface area contributed by atoms with Gasteiger partial charge in [0, 0.05) is 17.4 Å². The summed E-state index contributed by atoms with van der Waals surface area (Å²) in [4.78, 5) is 14.0. The predicted octanol–water partition coefficient (Wildman–Crippen LogP) is 3.25. The van der Waals surface area contributed by atoms with Crippen molar-refractivity contribution in [1.82, 2.24) is 4.98 Å². The Labute approximate surface area is 103 Å². The molecule has 0 unspecified atom stereocenters. The Morgan fingerprint density at radius 3 is 2.35 bits per heavy atom. The van der Waals surface area contributed by atoms with E-state index in [1.807, 2.05) is 6.07 Å². The van der Waals surface area contributed by atoms with Crippen LogP contribution in [0.4, 0.5) is 5.69 Å². The first-order valence-corrected chi connectivity index (χ1v) is 6.71. The Morgan fingerprint density at radius 1 is 1.06 bits per heavy atom. The number of aromatic nitrogens is 1. The van der Waals surface area contributed by atoms with E-state index in [2.05, 4.69) is 11.9 Å². The van der Waals surface area contributed by atoms with Crippen molar-refractivity contribution in [3.8, 4) is 0 Å². The van der Waals surface area contributed by atoms with Crippen molar-refractivity contribution in [2.45, 2.75) is 58.3 Å². The fourth-order valence-corrected chi connectivity index (χ4v) is 2.03. The van der Waals surface area contributed by atoms with Gasteiger partial charge in [0.05, 0.1) is 0 Å². The molecule has 3 N–H and O–H groups in total. The third kappa shape index (κ3) is 6.15. The zero-order valence-corrected chi connectivity index (χ0v) is 10.8. The minimum absolute atomic E-state index is 0.0945. The van der Waals surface area contributed by atoms with E-state index in [0.29, 0.717) is 5.69 Å². The van der Waals surface area contributed by atoms with Gasteiger partial charge in [-0.25, -0.2) is 0 Å². The van der Waals surface area contributed by atoms with Crippen LogP contribution in [0, 0.1) is 0 Å². The summed E-state index contributed by atoms with van der Waals surface area (Å²) in [6.45, 7) is 2.23. The topological polar surface area (TPSA) is 58.9 Å². The van der Waals surface area contributed by atoms with Crippen LogP contribution in [-0.4, -0.2) is 4.98 Å². The second-order valence-electron chi connectivity index (χ2n) is 4.67. The molecular weight excluding hydrogens is 212 g/mol. The summed E-state index contributed by atoms with van der Waals surface area (Å²) in [5, 5.41) is 0. The average Bonchev–Trinajstić information content (AvgIpc) is 2.26. The molecule has 96 valence electrons. The van der Waals surface area contributed by atoms with Crippen molar-refractivity contribution in [1.29, 1.82) is 0 Å². The van der Waals surface area contributed by atoms with Gasteiger partial charge in [0.25, 0.3) is 0 Å². The van der Waals surface area contributed by atoms with Gasteiger partial charge < -0.3 is 10.7 Å². The monoisotopic (exact) mass is 236 g/mol. The first kappa shape index (κ1) is 13.8. The molecule has 0 atom stereocenters. The van der Waals surface area contributed by atoms with Gasteiger partial charge in [0.2, 0.25) is 5.56 Å². The van der Waals surface area contributed by atoms with Gasteiger partial charge >= 0.3 is 0 Å². The van der Waals surface area contributed by atoms with E-state index in [1.54, 1.807) is 0 Å². The van der Waals surface area contributed by atoms with E-state index in [9.17, 15) is 4.79 Å². The second-order valence-corrected chi connectivity index (χ2v) is 4.67. The van der Waals surface area contributed by atoms with Crippen molar-refractivity contribution >= 4 is 5.69 Å². The summed E-state index contributed by atoms with van der Waals surface area (Å²) in [6, 6.07) is 3.28. The number of hydrogen-bond donors (Lipinski definition) is 2. The standard InChI is InChI=1S/C14H24N2O/c1-2-3-4-5-6-7-8-9-13-10-12(15)11-14(17)16-13/h10-11H,2-9H2,1H3,(H3,15,16,17). The van der Waals surface area contributed by atoms with Crippen molar-refractivity contribution in [2.24, 2.45) is 0 Å². The Balaban J connectivity index is 2.16. The zero-order valence-electron chi connectivity index (χ0n) is 10.8. The van der Waals surface area contributed by atoms with E-state index >= 15 is 0 Å². The van der Waals surface area contributed by atoms with Crippen LogP contribution in [0.3, 0.4) is 0 Å². The molecule has 0 spiro atoms. The average molecular weight is 236 g/mol. The fraction of sp³-hybridized carbons (Fsp3) is 0.643. The lowest BCUT2D eigenvalue weighted by Crippen LogP contribution is -2.09. The molecule has 1 aromatic rings. The molecule has 0 saturated heterocycles. The number of aryl methyl sites for hydroxylation is 1. The van der Waals surface area contributed by atoms with Gasteiger partial charge in [-0.05, 0) is 18.9 Å². The molecule has 17 heavy (non-hydrogen) atoms. The van der Waals surface area contributed by atoms with Gasteiger partial charge in [-0.2, -0.15) is 0 Å². The van der Waals surface area contributed by atoms with Crippen LogP contribution in [0.5, 0.6) is 0 Å². The normalized spacial score (nSPS) is 10.6. The highest BCUT2D eigenvalue weighted by Gasteiger charge is 1.97. The van der Waals surface area contributed by atoms with Crippen LogP contribution in [0.2, 0.25) is 0 Å². The van der Waals surface area contributed by atoms with Crippen LogP contribution in [0.15, 0.2) is 16.9 Å². The highest BCUT2D eigenvalue weighted by atomic mass is 16.1. The molecule has 3 heteroatoms. The number of anilines is 1. The van der Waals surface area contributed by atoms with Gasteiger partial charge in [-0.1, -0.05) is 45.4 Å². The molecule has 0 aliphatic rings. The number of pyridine rings is 1. The highest BCUT2D eigenvalue weighted by Crippen LogP contribution is 2.10. The maximum atomic E-state index is 11.2. The quantitative estimate of drug-likeness (QED) is 0.681. The number of unbranched alkanes of at least 4 members (excludes halogenated alkanes) is 6. The van der Waals surface area contributed by atoms with E-state index in [-0.39, 0.29) is 5.56 Å². The molecule has 0 radical (unpaired) electrons. The molecule has 1 aromatic heterocycles. The van der Waals surface area contributed by atoms with Crippen molar-refractivity contribution < 1.29 is 0 Å². The Morgan fingerprint density at radius 2 is 1.71 bits per heavy atom. The van der Waals surface area contributed by atoms with Gasteiger partial charge in [-0.15, -0.1) is 0 Å². The Kier molecular flexibility index (Phi) is 6.45. The van der Waals surface area contributed by atoms with Crippen molar-refractivity contribution in [3.63, 3.8) is 0 Å². The Hall–Kier alpha value is -1.25. The lowest BCUT2D eigenvalue weighted by Gasteiger charge is -2.03. The molecule has 0 saturated carbocycles. The Bertz CT molecular complexity index is 371. The molecule has 1 heterocycles. The van der Waals surface area contributed by atoms with Crippen LogP contribution in [-0.2, 0) is 6.42 Å². The minimum Gasteiger partial charge on any atom is -0.399 e. The SMILES string of the molecule is CCCCCCCCCc1cc(N)cc(=O)[nH]1. The fourth-order valence-electron chi connectivity index (χ4n) is 2.03. The summed E-state index contributed by atoms with van der Waals surface area (Å²) < 4.78 is 0. The molecule has 0 bridgehead atoms. The molecular formula is C14H24N2O. The molecule has 0 aromatic carbocycles. The first-order valence-electron chi connectivity index (χ1n) is 6.71. The summed E-state index contributed by atoms with van der Waals surface area (Å²) in [7, 11) is 0. The molecule has 0 amide bonds. The lowest BCUT2D eigenvalue weighted by molar-refractivity contribution is 0.587. The predicted molar refractivity (Wildman–Crippen MR) is 73.2 cm³/mol. The number of rotatable bonds is 8. The van der Waals surface area contributed by atoms with Crippen LogP contribution < -0.4 is 11.3 Å². The summed E-state index contributed by atoms with van der Waals surface area (Å²) in [5.41, 5.74) is 7.05. The van der Waals surface area contributed by atoms with Gasteiger partial charge in [0.1, 0.15) is 0 Å². The smallest absolute Gasteiger partial charge is 0.250 e. The number of nitrogens with one attached hydrogen (secondary N) is 1. The molecule has 0 aliphatic heterocycles. The summed E-state index contributed by atoms with van der Waals surface area (Å²) >= 11 is 0. The van der Waals surface area contributed by atoms with Gasteiger partial charge in [0.15, 0.2) is 0 Å². The minimum atomic E-state index is -0.0945. The van der Waals surface area contributed by atoms with E-state index in [0.717, 1.165) is 18.5 Å². The summed E-state index contributed by atoms with van der Waals surface area (Å²) in [6.07, 6.45) is 9.92. The lowest BCUT2D eigenvalue weighted by atomic mass is 10.1. The largest absolute Gasteiger partial charge is 0.399 e. The highest BCUT2D eigenvalue weighted by molar-refractivity contribution is 5.37. The van der Waals surface area contributed by atoms with E-state index in [4.69, 9.17) is 5.73 Å². The van der Waals surface area contributed by atoms with Crippen LogP contribution in [0.25, 0.3) is 0 Å². The van der Waals surface area contributed by atoms with Crippen LogP contribution >= 0.6 is 0 Å².